The topological polar surface area (TPSA) is 78.5 Å². The predicted octanol–water partition coefficient (Wildman–Crippen LogP) is -0.947. The summed E-state index contributed by atoms with van der Waals surface area (Å²) in [4.78, 5) is 4.19. The molecule has 0 amide bonds. The average Bonchev–Trinajstić information content (AvgIpc) is 2.06. The van der Waals surface area contributed by atoms with Crippen LogP contribution in [0.3, 0.4) is 0 Å². The van der Waals surface area contributed by atoms with Crippen molar-refractivity contribution >= 4 is 11.2 Å². The van der Waals surface area contributed by atoms with Crippen LogP contribution < -0.4 is 4.85 Å². The third-order valence-electron chi connectivity index (χ3n) is 1.22. The van der Waals surface area contributed by atoms with E-state index in [1.54, 1.807) is 6.07 Å². The third kappa shape index (κ3) is 0.841. The van der Waals surface area contributed by atoms with Gasteiger partial charge in [0.25, 0.3) is 0 Å². The summed E-state index contributed by atoms with van der Waals surface area (Å²) in [6.07, 6.45) is 2.65. The van der Waals surface area contributed by atoms with Crippen molar-refractivity contribution < 1.29 is 4.85 Å². The summed E-state index contributed by atoms with van der Waals surface area (Å²) in [5, 5.41) is 21.3. The molecule has 0 aliphatic heterocycles. The second-order valence-electron chi connectivity index (χ2n) is 1.87. The van der Waals surface area contributed by atoms with E-state index in [0.29, 0.717) is 10.4 Å². The van der Waals surface area contributed by atoms with Gasteiger partial charge < -0.3 is 5.21 Å². The van der Waals surface area contributed by atoms with Crippen LogP contribution in [-0.2, 0) is 0 Å². The first-order valence-electron chi connectivity index (χ1n) is 2.90. The normalized spacial score (nSPS) is 10.2. The molecule has 0 aliphatic rings. The number of aromatic nitrogens is 5. The predicted molar refractivity (Wildman–Crippen MR) is 34.1 cm³/mol. The Morgan fingerprint density at radius 2 is 2.36 bits per heavy atom. The molecule has 0 radical (unpaired) electrons. The number of hydrogen-bond donors (Lipinski definition) is 0. The van der Waals surface area contributed by atoms with E-state index in [-0.39, 0.29) is 5.65 Å². The monoisotopic (exact) mass is 149 g/mol. The molecule has 0 bridgehead atoms. The molecule has 6 nitrogen and oxygen atoms in total. The van der Waals surface area contributed by atoms with Gasteiger partial charge in [-0.2, -0.15) is 0 Å². The first-order chi connectivity index (χ1) is 5.38. The summed E-state index contributed by atoms with van der Waals surface area (Å²) >= 11 is 0. The molecule has 11 heavy (non-hydrogen) atoms. The highest BCUT2D eigenvalue weighted by atomic mass is 16.5. The highest BCUT2D eigenvalue weighted by Crippen LogP contribution is 1.95. The molecule has 0 atom stereocenters. The summed E-state index contributed by atoms with van der Waals surface area (Å²) in [5.41, 5.74) is 0.625. The highest BCUT2D eigenvalue weighted by Gasteiger charge is 2.05. The molecule has 0 N–H and O–H groups in total. The highest BCUT2D eigenvalue weighted by molar-refractivity contribution is 5.63. The van der Waals surface area contributed by atoms with Crippen LogP contribution in [-0.4, -0.2) is 20.3 Å². The van der Waals surface area contributed by atoms with E-state index in [2.05, 4.69) is 20.3 Å². The molecule has 0 aliphatic carbocycles. The van der Waals surface area contributed by atoms with Crippen molar-refractivity contribution in [3.05, 3.63) is 23.8 Å². The Morgan fingerprint density at radius 3 is 3.18 bits per heavy atom. The standard InChI is InChI=1S/C5H3N5O/c11-10-5-4(6-3-8-10)1-2-7-9-5/h1-3H. The summed E-state index contributed by atoms with van der Waals surface area (Å²) in [7, 11) is 0. The molecule has 2 aromatic heterocycles. The van der Waals surface area contributed by atoms with Crippen LogP contribution in [0.15, 0.2) is 18.6 Å². The van der Waals surface area contributed by atoms with Crippen molar-refractivity contribution in [3.63, 3.8) is 0 Å². The zero-order valence-corrected chi connectivity index (χ0v) is 5.38. The quantitative estimate of drug-likeness (QED) is 0.356. The summed E-state index contributed by atoms with van der Waals surface area (Å²) in [6, 6.07) is 1.60. The molecule has 0 fully saturated rings. The lowest BCUT2D eigenvalue weighted by Crippen LogP contribution is -2.32. The van der Waals surface area contributed by atoms with Gasteiger partial charge in [-0.25, -0.2) is 4.98 Å². The maximum Gasteiger partial charge on any atom is 0.400 e. The second-order valence-corrected chi connectivity index (χ2v) is 1.87. The van der Waals surface area contributed by atoms with E-state index >= 15 is 0 Å². The fourth-order valence-electron chi connectivity index (χ4n) is 0.744. The van der Waals surface area contributed by atoms with E-state index in [1.165, 1.54) is 12.5 Å². The van der Waals surface area contributed by atoms with Gasteiger partial charge in [-0.05, 0) is 11.2 Å². The molecular weight excluding hydrogens is 146 g/mol. The van der Waals surface area contributed by atoms with E-state index in [4.69, 9.17) is 0 Å². The number of rotatable bonds is 0. The van der Waals surface area contributed by atoms with Crippen molar-refractivity contribution in [1.29, 1.82) is 0 Å². The zero-order valence-electron chi connectivity index (χ0n) is 5.38. The molecule has 6 heteroatoms. The molecule has 0 aromatic carbocycles. The van der Waals surface area contributed by atoms with E-state index < -0.39 is 0 Å². The second kappa shape index (κ2) is 2.08. The summed E-state index contributed by atoms with van der Waals surface area (Å²) in [5.74, 6) is 0. The summed E-state index contributed by atoms with van der Waals surface area (Å²) < 4.78 is 0. The molecule has 0 saturated carbocycles. The summed E-state index contributed by atoms with van der Waals surface area (Å²) in [6.45, 7) is 0. The fraction of sp³-hybridized carbons (Fsp3) is 0. The largest absolute Gasteiger partial charge is 0.690 e. The van der Waals surface area contributed by atoms with Gasteiger partial charge in [0.05, 0.1) is 11.3 Å². The Bertz CT molecular complexity index is 384. The molecule has 54 valence electrons. The number of hydrogen-bond acceptors (Lipinski definition) is 5. The van der Waals surface area contributed by atoms with E-state index in [9.17, 15) is 5.21 Å². The van der Waals surface area contributed by atoms with Crippen LogP contribution in [0, 0.1) is 5.21 Å². The van der Waals surface area contributed by atoms with E-state index in [0.717, 1.165) is 0 Å². The number of nitrogens with zero attached hydrogens (tertiary/aromatic N) is 5. The van der Waals surface area contributed by atoms with Crippen LogP contribution in [0.5, 0.6) is 0 Å². The first kappa shape index (κ1) is 5.90. The van der Waals surface area contributed by atoms with Crippen LogP contribution in [0.4, 0.5) is 0 Å². The zero-order chi connectivity index (χ0) is 7.68. The van der Waals surface area contributed by atoms with Crippen LogP contribution in [0.25, 0.3) is 11.2 Å². The van der Waals surface area contributed by atoms with Crippen LogP contribution >= 0.6 is 0 Å². The van der Waals surface area contributed by atoms with E-state index in [1.807, 2.05) is 0 Å². The van der Waals surface area contributed by atoms with Gasteiger partial charge in [-0.15, -0.1) is 4.85 Å². The van der Waals surface area contributed by atoms with Crippen LogP contribution in [0.1, 0.15) is 0 Å². The minimum atomic E-state index is 0.134. The third-order valence-corrected chi connectivity index (χ3v) is 1.22. The van der Waals surface area contributed by atoms with Gasteiger partial charge in [0.1, 0.15) is 0 Å². The Labute approximate surface area is 61.1 Å². The average molecular weight is 149 g/mol. The van der Waals surface area contributed by atoms with Crippen molar-refractivity contribution in [2.75, 3.05) is 0 Å². The van der Waals surface area contributed by atoms with Crippen molar-refractivity contribution in [2.45, 2.75) is 0 Å². The molecular formula is C5H3N5O. The minimum Gasteiger partial charge on any atom is -0.690 e. The Kier molecular flexibility index (Phi) is 1.12. The lowest BCUT2D eigenvalue weighted by Gasteiger charge is -1.96. The Hall–Kier alpha value is -1.85. The Balaban J connectivity index is 2.91. The maximum atomic E-state index is 10.8. The molecule has 2 aromatic rings. The molecule has 0 saturated heterocycles. The van der Waals surface area contributed by atoms with Crippen molar-refractivity contribution in [3.8, 4) is 0 Å². The maximum absolute atomic E-state index is 10.8. The molecule has 0 unspecified atom stereocenters. The van der Waals surface area contributed by atoms with Gasteiger partial charge in [-0.3, -0.25) is 0 Å². The lowest BCUT2D eigenvalue weighted by atomic mass is 10.5. The molecule has 2 heterocycles. The van der Waals surface area contributed by atoms with Gasteiger partial charge in [0.2, 0.25) is 0 Å². The molecule has 0 spiro atoms. The van der Waals surface area contributed by atoms with Crippen molar-refractivity contribution in [1.82, 2.24) is 20.3 Å². The smallest absolute Gasteiger partial charge is 0.400 e. The van der Waals surface area contributed by atoms with Gasteiger partial charge >= 0.3 is 5.65 Å². The van der Waals surface area contributed by atoms with Gasteiger partial charge in [0.15, 0.2) is 11.8 Å². The van der Waals surface area contributed by atoms with Crippen LogP contribution in [0.2, 0.25) is 0 Å². The first-order valence-corrected chi connectivity index (χ1v) is 2.90. The van der Waals surface area contributed by atoms with Gasteiger partial charge in [0, 0.05) is 0 Å². The molecule has 2 rings (SSSR count). The fourth-order valence-corrected chi connectivity index (χ4v) is 0.744. The minimum absolute atomic E-state index is 0.134. The SMILES string of the molecule is [O-][n+]1ncnc2ccnnc21. The lowest BCUT2D eigenvalue weighted by molar-refractivity contribution is -0.645. The Morgan fingerprint density at radius 1 is 1.45 bits per heavy atom. The van der Waals surface area contributed by atoms with Crippen molar-refractivity contribution in [2.24, 2.45) is 0 Å². The van der Waals surface area contributed by atoms with Gasteiger partial charge in [-0.1, -0.05) is 5.10 Å². The number of fused-ring (bicyclic) bond motifs is 1.